The van der Waals surface area contributed by atoms with Gasteiger partial charge in [0.2, 0.25) is 0 Å². The smallest absolute Gasteiger partial charge is 0.136 e. The van der Waals surface area contributed by atoms with Crippen LogP contribution >= 0.6 is 11.8 Å². The molecule has 1 aliphatic heterocycles. The predicted octanol–water partition coefficient (Wildman–Crippen LogP) is -0.839. The Balaban J connectivity index is 2.08. The molecule has 1 aromatic carbocycles. The molecule has 7 heteroatoms. The predicted molar refractivity (Wildman–Crippen MR) is 70.5 cm³/mol. The van der Waals surface area contributed by atoms with E-state index in [1.165, 1.54) is 11.8 Å². The summed E-state index contributed by atoms with van der Waals surface area (Å²) in [6.07, 6.45) is -4.80. The zero-order chi connectivity index (χ0) is 14.0. The van der Waals surface area contributed by atoms with E-state index in [0.717, 1.165) is 4.90 Å². The van der Waals surface area contributed by atoms with Crippen LogP contribution in [0.4, 0.5) is 5.69 Å². The summed E-state index contributed by atoms with van der Waals surface area (Å²) in [6, 6.07) is 6.96. The molecule has 1 heterocycles. The van der Waals surface area contributed by atoms with Crippen molar-refractivity contribution >= 4 is 17.4 Å². The van der Waals surface area contributed by atoms with Crippen LogP contribution in [0.2, 0.25) is 0 Å². The maximum Gasteiger partial charge on any atom is 0.136 e. The van der Waals surface area contributed by atoms with Gasteiger partial charge in [-0.15, -0.1) is 0 Å². The number of thioether (sulfide) groups is 1. The van der Waals surface area contributed by atoms with E-state index >= 15 is 0 Å². The van der Waals surface area contributed by atoms with Crippen molar-refractivity contribution in [2.75, 3.05) is 12.3 Å². The molecule has 19 heavy (non-hydrogen) atoms. The molecule has 0 unspecified atom stereocenters. The molecular weight excluding hydrogens is 270 g/mol. The van der Waals surface area contributed by atoms with Gasteiger partial charge in [-0.3, -0.25) is 0 Å². The van der Waals surface area contributed by atoms with E-state index < -0.39 is 36.5 Å². The highest BCUT2D eigenvalue weighted by Crippen LogP contribution is 2.33. The SMILES string of the molecule is Nc1ccc(S[C@@H]2O[C@@H](CO)[C@H](O)[C@H](O)[C@@H]2O)cc1. The van der Waals surface area contributed by atoms with E-state index in [-0.39, 0.29) is 0 Å². The molecule has 0 bridgehead atoms. The molecule has 0 aromatic heterocycles. The lowest BCUT2D eigenvalue weighted by atomic mass is 10.0. The number of hydrogen-bond acceptors (Lipinski definition) is 7. The normalized spacial score (nSPS) is 35.3. The average molecular weight is 287 g/mol. The minimum absolute atomic E-state index is 0.427. The van der Waals surface area contributed by atoms with Gasteiger partial charge in [0.15, 0.2) is 0 Å². The zero-order valence-corrected chi connectivity index (χ0v) is 10.9. The highest BCUT2D eigenvalue weighted by molar-refractivity contribution is 7.99. The first kappa shape index (κ1) is 14.6. The summed E-state index contributed by atoms with van der Waals surface area (Å²) in [5.41, 5.74) is 5.43. The molecule has 2 rings (SSSR count). The summed E-state index contributed by atoms with van der Waals surface area (Å²) in [5.74, 6) is 0. The molecule has 0 amide bonds. The largest absolute Gasteiger partial charge is 0.399 e. The van der Waals surface area contributed by atoms with Crippen molar-refractivity contribution in [3.05, 3.63) is 24.3 Å². The van der Waals surface area contributed by atoms with Crippen LogP contribution in [-0.2, 0) is 4.74 Å². The van der Waals surface area contributed by atoms with Gasteiger partial charge in [0.25, 0.3) is 0 Å². The topological polar surface area (TPSA) is 116 Å². The summed E-state index contributed by atoms with van der Waals surface area (Å²) in [7, 11) is 0. The van der Waals surface area contributed by atoms with E-state index in [2.05, 4.69) is 0 Å². The zero-order valence-electron chi connectivity index (χ0n) is 10.1. The lowest BCUT2D eigenvalue weighted by Crippen LogP contribution is -2.57. The lowest BCUT2D eigenvalue weighted by molar-refractivity contribution is -0.205. The third-order valence-corrected chi connectivity index (χ3v) is 4.15. The summed E-state index contributed by atoms with van der Waals surface area (Å²) in [6.45, 7) is -0.427. The van der Waals surface area contributed by atoms with Crippen LogP contribution in [-0.4, -0.2) is 56.9 Å². The van der Waals surface area contributed by atoms with Crippen LogP contribution in [0, 0.1) is 0 Å². The standard InChI is InChI=1S/C12H17NO5S/c13-6-1-3-7(4-2-6)19-12-11(17)10(16)9(15)8(5-14)18-12/h1-4,8-12,14-17H,5,13H2/t8-,9-,10-,11-,12-/m0/s1. The third-order valence-electron chi connectivity index (χ3n) is 2.98. The fraction of sp³-hybridized carbons (Fsp3) is 0.500. The number of anilines is 1. The molecule has 106 valence electrons. The number of nitrogens with two attached hydrogens (primary N) is 1. The van der Waals surface area contributed by atoms with Gasteiger partial charge in [-0.25, -0.2) is 0 Å². The van der Waals surface area contributed by atoms with Crippen LogP contribution in [0.1, 0.15) is 0 Å². The molecule has 1 aromatic rings. The number of hydrogen-bond donors (Lipinski definition) is 5. The Bertz CT molecular complexity index is 413. The van der Waals surface area contributed by atoms with Gasteiger partial charge in [0.05, 0.1) is 6.61 Å². The van der Waals surface area contributed by atoms with Crippen molar-refractivity contribution in [2.24, 2.45) is 0 Å². The number of benzene rings is 1. The second kappa shape index (κ2) is 6.08. The number of aliphatic hydroxyl groups is 4. The third kappa shape index (κ3) is 3.19. The summed E-state index contributed by atoms with van der Waals surface area (Å²) >= 11 is 1.20. The summed E-state index contributed by atoms with van der Waals surface area (Å²) in [5, 5.41) is 38.3. The van der Waals surface area contributed by atoms with Crippen molar-refractivity contribution in [1.29, 1.82) is 0 Å². The van der Waals surface area contributed by atoms with E-state index in [4.69, 9.17) is 15.6 Å². The number of ether oxygens (including phenoxy) is 1. The quantitative estimate of drug-likeness (QED) is 0.460. The maximum atomic E-state index is 9.87. The van der Waals surface area contributed by atoms with Crippen molar-refractivity contribution in [2.45, 2.75) is 34.7 Å². The van der Waals surface area contributed by atoms with Crippen LogP contribution in [0.5, 0.6) is 0 Å². The highest BCUT2D eigenvalue weighted by atomic mass is 32.2. The van der Waals surface area contributed by atoms with Gasteiger partial charge >= 0.3 is 0 Å². The van der Waals surface area contributed by atoms with E-state index in [1.807, 2.05) is 0 Å². The molecule has 0 saturated carbocycles. The second-order valence-corrected chi connectivity index (χ2v) is 5.56. The van der Waals surface area contributed by atoms with Gasteiger partial charge < -0.3 is 30.9 Å². The monoisotopic (exact) mass is 287 g/mol. The molecule has 1 fully saturated rings. The number of nitrogen functional groups attached to an aromatic ring is 1. The molecule has 6 N–H and O–H groups in total. The molecule has 1 saturated heterocycles. The molecule has 0 radical (unpaired) electrons. The molecule has 0 spiro atoms. The Kier molecular flexibility index (Phi) is 4.67. The summed E-state index contributed by atoms with van der Waals surface area (Å²) < 4.78 is 5.39. The van der Waals surface area contributed by atoms with Crippen molar-refractivity contribution in [3.63, 3.8) is 0 Å². The Morgan fingerprint density at radius 1 is 1.05 bits per heavy atom. The number of aliphatic hydroxyl groups excluding tert-OH is 4. The Morgan fingerprint density at radius 3 is 2.26 bits per heavy atom. The first-order valence-corrected chi connectivity index (χ1v) is 6.73. The first-order chi connectivity index (χ1) is 9.02. The minimum atomic E-state index is -1.35. The van der Waals surface area contributed by atoms with Crippen molar-refractivity contribution in [3.8, 4) is 0 Å². The van der Waals surface area contributed by atoms with Crippen LogP contribution < -0.4 is 5.73 Å². The lowest BCUT2D eigenvalue weighted by Gasteiger charge is -2.39. The Hall–Kier alpha value is -0.830. The van der Waals surface area contributed by atoms with Crippen molar-refractivity contribution in [1.82, 2.24) is 0 Å². The van der Waals surface area contributed by atoms with Crippen LogP contribution in [0.25, 0.3) is 0 Å². The van der Waals surface area contributed by atoms with Gasteiger partial charge in [-0.05, 0) is 24.3 Å². The first-order valence-electron chi connectivity index (χ1n) is 5.85. The van der Waals surface area contributed by atoms with Crippen LogP contribution in [0.3, 0.4) is 0 Å². The van der Waals surface area contributed by atoms with Crippen LogP contribution in [0.15, 0.2) is 29.2 Å². The van der Waals surface area contributed by atoms with E-state index in [9.17, 15) is 15.3 Å². The molecule has 5 atom stereocenters. The van der Waals surface area contributed by atoms with E-state index in [1.54, 1.807) is 24.3 Å². The highest BCUT2D eigenvalue weighted by Gasteiger charge is 2.43. The van der Waals surface area contributed by atoms with Gasteiger partial charge in [0, 0.05) is 10.6 Å². The fourth-order valence-electron chi connectivity index (χ4n) is 1.85. The van der Waals surface area contributed by atoms with Gasteiger partial charge in [-0.1, -0.05) is 11.8 Å². The van der Waals surface area contributed by atoms with Crippen molar-refractivity contribution < 1.29 is 25.2 Å². The maximum absolute atomic E-state index is 9.87. The number of rotatable bonds is 3. The van der Waals surface area contributed by atoms with E-state index in [0.29, 0.717) is 5.69 Å². The van der Waals surface area contributed by atoms with Gasteiger partial charge in [0.1, 0.15) is 29.9 Å². The minimum Gasteiger partial charge on any atom is -0.399 e. The van der Waals surface area contributed by atoms with Gasteiger partial charge in [-0.2, -0.15) is 0 Å². The summed E-state index contributed by atoms with van der Waals surface area (Å²) in [4.78, 5) is 0.804. The average Bonchev–Trinajstić information content (AvgIpc) is 2.42. The Morgan fingerprint density at radius 2 is 1.68 bits per heavy atom. The molecule has 0 aliphatic carbocycles. The fourth-order valence-corrected chi connectivity index (χ4v) is 2.91. The second-order valence-electron chi connectivity index (χ2n) is 4.38. The molecule has 6 nitrogen and oxygen atoms in total. The Labute approximate surface area is 114 Å². The molecular formula is C12H17NO5S. The molecule has 1 aliphatic rings.